The van der Waals surface area contributed by atoms with E-state index in [1.54, 1.807) is 30.3 Å². The standard InChI is InChI=1S/C26H31FN2O4/c1-16(2)33-21-12-9-19(15-17(21)3)24(30)22-23(18-7-10-20(27)11-8-18)29(26(32)25(22)31)14-6-13-28(4)5/h7-12,15-16,23,30H,6,13-14H2,1-5H3. The topological polar surface area (TPSA) is 70.1 Å². The molecule has 1 heterocycles. The average molecular weight is 455 g/mol. The van der Waals surface area contributed by atoms with E-state index in [0.717, 1.165) is 12.1 Å². The monoisotopic (exact) mass is 454 g/mol. The van der Waals surface area contributed by atoms with Gasteiger partial charge in [-0.3, -0.25) is 9.59 Å². The number of ether oxygens (including phenoxy) is 1. The summed E-state index contributed by atoms with van der Waals surface area (Å²) in [5.74, 6) is -1.40. The van der Waals surface area contributed by atoms with Gasteiger partial charge in [0, 0.05) is 12.1 Å². The summed E-state index contributed by atoms with van der Waals surface area (Å²) in [6.07, 6.45) is 0.645. The van der Waals surface area contributed by atoms with Crippen LogP contribution in [0.3, 0.4) is 0 Å². The molecule has 0 radical (unpaired) electrons. The van der Waals surface area contributed by atoms with Crippen LogP contribution in [0.5, 0.6) is 5.75 Å². The van der Waals surface area contributed by atoms with Crippen molar-refractivity contribution in [2.24, 2.45) is 0 Å². The zero-order valence-corrected chi connectivity index (χ0v) is 19.8. The van der Waals surface area contributed by atoms with Gasteiger partial charge in [-0.1, -0.05) is 12.1 Å². The predicted molar refractivity (Wildman–Crippen MR) is 126 cm³/mol. The Morgan fingerprint density at radius 3 is 2.39 bits per heavy atom. The van der Waals surface area contributed by atoms with Crippen molar-refractivity contribution in [3.8, 4) is 5.75 Å². The van der Waals surface area contributed by atoms with Crippen molar-refractivity contribution < 1.29 is 23.8 Å². The van der Waals surface area contributed by atoms with Gasteiger partial charge < -0.3 is 19.6 Å². The molecule has 176 valence electrons. The van der Waals surface area contributed by atoms with E-state index < -0.39 is 23.5 Å². The molecular weight excluding hydrogens is 423 g/mol. The molecule has 1 saturated heterocycles. The molecule has 33 heavy (non-hydrogen) atoms. The van der Waals surface area contributed by atoms with Crippen LogP contribution in [-0.2, 0) is 9.59 Å². The van der Waals surface area contributed by atoms with Crippen molar-refractivity contribution in [2.75, 3.05) is 27.2 Å². The quantitative estimate of drug-likeness (QED) is 0.366. The number of aliphatic hydroxyl groups excluding tert-OH is 1. The number of carbonyl (C=O) groups is 2. The Morgan fingerprint density at radius 1 is 1.15 bits per heavy atom. The van der Waals surface area contributed by atoms with Gasteiger partial charge in [-0.15, -0.1) is 0 Å². The van der Waals surface area contributed by atoms with Crippen molar-refractivity contribution >= 4 is 17.4 Å². The van der Waals surface area contributed by atoms with E-state index >= 15 is 0 Å². The second kappa shape index (κ2) is 10.2. The zero-order valence-electron chi connectivity index (χ0n) is 19.8. The number of nitrogens with zero attached hydrogens (tertiary/aromatic N) is 2. The van der Waals surface area contributed by atoms with Crippen LogP contribution >= 0.6 is 0 Å². The highest BCUT2D eigenvalue weighted by Gasteiger charge is 2.45. The Hall–Kier alpha value is -3.19. The summed E-state index contributed by atoms with van der Waals surface area (Å²) in [6.45, 7) is 6.77. The van der Waals surface area contributed by atoms with Crippen LogP contribution in [0.2, 0.25) is 0 Å². The summed E-state index contributed by atoms with van der Waals surface area (Å²) in [7, 11) is 3.86. The van der Waals surface area contributed by atoms with Crippen LogP contribution in [0, 0.1) is 12.7 Å². The van der Waals surface area contributed by atoms with Gasteiger partial charge in [0.15, 0.2) is 0 Å². The molecule has 1 fully saturated rings. The summed E-state index contributed by atoms with van der Waals surface area (Å²) < 4.78 is 19.3. The van der Waals surface area contributed by atoms with Gasteiger partial charge in [0.05, 0.1) is 17.7 Å². The Morgan fingerprint density at radius 2 is 1.82 bits per heavy atom. The summed E-state index contributed by atoms with van der Waals surface area (Å²) in [6, 6.07) is 10.0. The van der Waals surface area contributed by atoms with Gasteiger partial charge in [-0.05, 0) is 89.3 Å². The fraction of sp³-hybridized carbons (Fsp3) is 0.385. The number of halogens is 1. The number of benzene rings is 2. The first-order chi connectivity index (χ1) is 15.6. The van der Waals surface area contributed by atoms with E-state index in [0.29, 0.717) is 29.8 Å². The molecular formula is C26H31FN2O4. The van der Waals surface area contributed by atoms with Crippen LogP contribution in [0.1, 0.15) is 43.0 Å². The lowest BCUT2D eigenvalue weighted by Crippen LogP contribution is -2.32. The number of carbonyl (C=O) groups excluding carboxylic acids is 2. The Bertz CT molecular complexity index is 1060. The van der Waals surface area contributed by atoms with Gasteiger partial charge >= 0.3 is 0 Å². The third-order valence-corrected chi connectivity index (χ3v) is 5.54. The SMILES string of the molecule is Cc1cc(C(O)=C2C(=O)C(=O)N(CCCN(C)C)C2c2ccc(F)cc2)ccc1OC(C)C. The first-order valence-corrected chi connectivity index (χ1v) is 11.1. The average Bonchev–Trinajstić information content (AvgIpc) is 2.99. The highest BCUT2D eigenvalue weighted by atomic mass is 19.1. The molecule has 1 unspecified atom stereocenters. The summed E-state index contributed by atoms with van der Waals surface area (Å²) in [5, 5.41) is 11.2. The number of aryl methyl sites for hydroxylation is 1. The van der Waals surface area contributed by atoms with E-state index in [1.807, 2.05) is 39.8 Å². The number of amides is 1. The molecule has 1 aliphatic heterocycles. The normalized spacial score (nSPS) is 17.9. The van der Waals surface area contributed by atoms with Gasteiger partial charge in [0.2, 0.25) is 0 Å². The van der Waals surface area contributed by atoms with Crippen molar-refractivity contribution in [3.05, 3.63) is 70.5 Å². The van der Waals surface area contributed by atoms with Crippen molar-refractivity contribution in [1.29, 1.82) is 0 Å². The molecule has 2 aromatic rings. The first-order valence-electron chi connectivity index (χ1n) is 11.1. The van der Waals surface area contributed by atoms with E-state index in [-0.39, 0.29) is 17.4 Å². The highest BCUT2D eigenvalue weighted by molar-refractivity contribution is 6.46. The maximum Gasteiger partial charge on any atom is 0.295 e. The van der Waals surface area contributed by atoms with E-state index in [4.69, 9.17) is 4.74 Å². The molecule has 7 heteroatoms. The minimum atomic E-state index is -0.792. The van der Waals surface area contributed by atoms with Crippen molar-refractivity contribution in [3.63, 3.8) is 0 Å². The molecule has 1 amide bonds. The molecule has 0 spiro atoms. The molecule has 6 nitrogen and oxygen atoms in total. The third-order valence-electron chi connectivity index (χ3n) is 5.54. The van der Waals surface area contributed by atoms with Gasteiger partial charge in [0.1, 0.15) is 17.3 Å². The van der Waals surface area contributed by atoms with Gasteiger partial charge in [-0.2, -0.15) is 0 Å². The lowest BCUT2D eigenvalue weighted by Gasteiger charge is -2.26. The summed E-state index contributed by atoms with van der Waals surface area (Å²) >= 11 is 0. The van der Waals surface area contributed by atoms with Crippen LogP contribution < -0.4 is 4.74 Å². The number of aliphatic hydroxyl groups is 1. The zero-order chi connectivity index (χ0) is 24.3. The van der Waals surface area contributed by atoms with Crippen molar-refractivity contribution in [2.45, 2.75) is 39.3 Å². The smallest absolute Gasteiger partial charge is 0.295 e. The van der Waals surface area contributed by atoms with Crippen LogP contribution in [-0.4, -0.2) is 59.9 Å². The van der Waals surface area contributed by atoms with Gasteiger partial charge in [-0.25, -0.2) is 4.39 Å². The largest absolute Gasteiger partial charge is 0.507 e. The van der Waals surface area contributed by atoms with E-state index in [9.17, 15) is 19.1 Å². The number of hydrogen-bond donors (Lipinski definition) is 1. The molecule has 0 bridgehead atoms. The molecule has 1 N–H and O–H groups in total. The molecule has 1 aliphatic rings. The predicted octanol–water partition coefficient (Wildman–Crippen LogP) is 4.29. The molecule has 0 aliphatic carbocycles. The van der Waals surface area contributed by atoms with Gasteiger partial charge in [0.25, 0.3) is 11.7 Å². The summed E-state index contributed by atoms with van der Waals surface area (Å²) in [4.78, 5) is 29.5. The second-order valence-corrected chi connectivity index (χ2v) is 8.85. The second-order valence-electron chi connectivity index (χ2n) is 8.85. The van der Waals surface area contributed by atoms with E-state index in [2.05, 4.69) is 0 Å². The molecule has 0 aromatic heterocycles. The number of Topliss-reactive ketones (excluding diaryl/α,β-unsaturated/α-hetero) is 1. The molecule has 0 saturated carbocycles. The minimum Gasteiger partial charge on any atom is -0.507 e. The van der Waals surface area contributed by atoms with Crippen LogP contribution in [0.25, 0.3) is 5.76 Å². The maximum atomic E-state index is 13.6. The van der Waals surface area contributed by atoms with Crippen LogP contribution in [0.4, 0.5) is 4.39 Å². The maximum absolute atomic E-state index is 13.6. The number of likely N-dealkylation sites (tertiary alicyclic amines) is 1. The Labute approximate surface area is 194 Å². The number of rotatable bonds is 8. The lowest BCUT2D eigenvalue weighted by molar-refractivity contribution is -0.139. The number of hydrogen-bond acceptors (Lipinski definition) is 5. The Balaban J connectivity index is 2.07. The molecule has 2 aromatic carbocycles. The molecule has 1 atom stereocenters. The summed E-state index contributed by atoms with van der Waals surface area (Å²) in [5.41, 5.74) is 1.79. The highest BCUT2D eigenvalue weighted by Crippen LogP contribution is 2.40. The lowest BCUT2D eigenvalue weighted by atomic mass is 9.94. The van der Waals surface area contributed by atoms with Crippen molar-refractivity contribution in [1.82, 2.24) is 9.80 Å². The van der Waals surface area contributed by atoms with E-state index in [1.165, 1.54) is 17.0 Å². The molecule has 3 rings (SSSR count). The first kappa shape index (κ1) is 24.5. The fourth-order valence-corrected chi connectivity index (χ4v) is 4.00. The fourth-order valence-electron chi connectivity index (χ4n) is 4.00. The third kappa shape index (κ3) is 5.42. The number of ketones is 1. The Kier molecular flexibility index (Phi) is 7.53. The minimum absolute atomic E-state index is 0.00545. The van der Waals surface area contributed by atoms with Crippen LogP contribution in [0.15, 0.2) is 48.0 Å².